The SMILES string of the molecule is c1ccc(-c2cccc(-c3nc(-c4ccccc4)nc(-c4ccc(-c5cccc6sc7ccc(C8(c9ccccc9)c9ccccc9-c9ccccc98)cc7c56)cc4)n3)c2)cc1.c1ccc(-c2nc(-c3ccccc3)nc(-c3cc(-c4ccc5sc6ccc(C7(c8ccccc8)c8ccccc8-c8ccccc87)cc6c5c4)cc4ccccc34)n2)cc1. The van der Waals surface area contributed by atoms with Crippen LogP contribution in [0.3, 0.4) is 0 Å². The molecule has 0 spiro atoms. The van der Waals surface area contributed by atoms with Crippen molar-refractivity contribution in [3.8, 4) is 124 Å². The Kier molecular flexibility index (Phi) is 17.7. The monoisotopic (exact) mass is 1590 g/mol. The number of rotatable bonds is 13. The number of nitrogens with zero attached hydrogens (tertiary/aromatic N) is 6. The Bertz CT molecular complexity index is 7660. The summed E-state index contributed by atoms with van der Waals surface area (Å²) in [5.74, 6) is 3.87. The van der Waals surface area contributed by atoms with E-state index in [2.05, 4.69) is 376 Å². The van der Waals surface area contributed by atoms with Crippen LogP contribution in [0.4, 0.5) is 0 Å². The van der Waals surface area contributed by atoms with E-state index in [0.29, 0.717) is 34.9 Å². The van der Waals surface area contributed by atoms with Gasteiger partial charge in [0.25, 0.3) is 0 Å². The first kappa shape index (κ1) is 72.0. The molecule has 0 atom stereocenters. The van der Waals surface area contributed by atoms with Crippen molar-refractivity contribution in [2.24, 2.45) is 0 Å². The van der Waals surface area contributed by atoms with Crippen molar-refractivity contribution in [3.63, 3.8) is 0 Å². The zero-order valence-electron chi connectivity index (χ0n) is 66.1. The molecule has 0 saturated carbocycles. The van der Waals surface area contributed by atoms with E-state index in [1.54, 1.807) is 0 Å². The van der Waals surface area contributed by atoms with Crippen LogP contribution in [0.25, 0.3) is 175 Å². The van der Waals surface area contributed by atoms with Crippen LogP contribution in [-0.4, -0.2) is 29.9 Å². The van der Waals surface area contributed by atoms with Gasteiger partial charge in [0.1, 0.15) is 0 Å². The zero-order chi connectivity index (χ0) is 80.7. The molecule has 0 fully saturated rings. The summed E-state index contributed by atoms with van der Waals surface area (Å²) in [5.41, 5.74) is 27.2. The molecule has 24 rings (SSSR count). The molecule has 2 aliphatic rings. The molecule has 0 radical (unpaired) electrons. The van der Waals surface area contributed by atoms with Crippen molar-refractivity contribution in [3.05, 3.63) is 481 Å². The Morgan fingerprint density at radius 1 is 0.164 bits per heavy atom. The summed E-state index contributed by atoms with van der Waals surface area (Å²) in [6.07, 6.45) is 0. The maximum Gasteiger partial charge on any atom is 0.164 e. The number of thiophene rings is 2. The van der Waals surface area contributed by atoms with Gasteiger partial charge in [-0.3, -0.25) is 0 Å². The molecule has 22 aromatic rings. The van der Waals surface area contributed by atoms with Crippen LogP contribution in [0.1, 0.15) is 44.5 Å². The van der Waals surface area contributed by atoms with Crippen LogP contribution in [0.5, 0.6) is 0 Å². The van der Waals surface area contributed by atoms with Crippen LogP contribution in [0, 0.1) is 0 Å². The van der Waals surface area contributed by atoms with Crippen molar-refractivity contribution in [1.82, 2.24) is 29.9 Å². The van der Waals surface area contributed by atoms with Gasteiger partial charge in [-0.25, -0.2) is 29.9 Å². The summed E-state index contributed by atoms with van der Waals surface area (Å²) in [4.78, 5) is 30.5. The van der Waals surface area contributed by atoms with Crippen molar-refractivity contribution in [1.29, 1.82) is 0 Å². The van der Waals surface area contributed by atoms with Gasteiger partial charge in [-0.1, -0.05) is 376 Å². The smallest absolute Gasteiger partial charge is 0.164 e. The van der Waals surface area contributed by atoms with E-state index in [0.717, 1.165) is 72.0 Å². The van der Waals surface area contributed by atoms with Gasteiger partial charge in [0, 0.05) is 73.7 Å². The molecule has 2 aliphatic carbocycles. The van der Waals surface area contributed by atoms with Crippen LogP contribution in [0.15, 0.2) is 437 Å². The van der Waals surface area contributed by atoms with Crippen LogP contribution in [-0.2, 0) is 10.8 Å². The summed E-state index contributed by atoms with van der Waals surface area (Å²) in [6, 6.07) is 157. The van der Waals surface area contributed by atoms with Crippen molar-refractivity contribution in [2.75, 3.05) is 0 Å². The second-order valence-electron chi connectivity index (χ2n) is 31.4. The standard InChI is InChI=1S/C58H37N3S.C56H35N3S/c1-4-16-38(17-5-1)42-20-14-21-43(36-42)57-60-55(40-18-6-2-7-19-40)59-56(61-57)41-32-30-39(31-33-41)46-26-15-29-53-54(46)49-37-45(34-35-52(49)62-53)58(44-22-8-3-9-23-44)50-27-12-10-24-47(50)48-25-11-13-28-51(48)58;1-4-16-36(17-5-1)53-57-54(37-18-6-2-7-19-37)59-55(58-53)48-34-40(32-39-20-10-11-23-43(39)48)38-28-30-51-46(33-38)47-35-42(29-31-52(47)60-51)56(41-21-8-3-9-22-41)49-26-14-12-24-44(49)45-25-13-15-27-50(45)56/h1-37H;1-35H. The molecule has 570 valence electrons. The minimum Gasteiger partial charge on any atom is -0.208 e. The van der Waals surface area contributed by atoms with Crippen LogP contribution >= 0.6 is 22.7 Å². The summed E-state index contributed by atoms with van der Waals surface area (Å²) in [5, 5.41) is 7.30. The van der Waals surface area contributed by atoms with Gasteiger partial charge in [-0.15, -0.1) is 22.7 Å². The third kappa shape index (κ3) is 12.1. The Balaban J connectivity index is 0.000000142. The zero-order valence-corrected chi connectivity index (χ0v) is 67.7. The van der Waals surface area contributed by atoms with Crippen molar-refractivity contribution in [2.45, 2.75) is 10.8 Å². The number of hydrogen-bond acceptors (Lipinski definition) is 8. The summed E-state index contributed by atoms with van der Waals surface area (Å²) in [7, 11) is 0. The maximum absolute atomic E-state index is 5.16. The molecule has 0 N–H and O–H groups in total. The third-order valence-corrected chi connectivity index (χ3v) is 26.9. The molecule has 0 unspecified atom stereocenters. The Morgan fingerprint density at radius 2 is 0.508 bits per heavy atom. The predicted molar refractivity (Wildman–Crippen MR) is 506 cm³/mol. The van der Waals surface area contributed by atoms with E-state index < -0.39 is 10.8 Å². The summed E-state index contributed by atoms with van der Waals surface area (Å²) < 4.78 is 5.09. The van der Waals surface area contributed by atoms with Crippen LogP contribution < -0.4 is 0 Å². The Hall–Kier alpha value is -15.3. The highest BCUT2D eigenvalue weighted by atomic mass is 32.1. The lowest BCUT2D eigenvalue weighted by atomic mass is 9.67. The second-order valence-corrected chi connectivity index (χ2v) is 33.6. The number of aromatic nitrogens is 6. The van der Waals surface area contributed by atoms with Gasteiger partial charge >= 0.3 is 0 Å². The predicted octanol–water partition coefficient (Wildman–Crippen LogP) is 29.4. The highest BCUT2D eigenvalue weighted by molar-refractivity contribution is 7.26. The molecular formula is C114H72N6S2. The fourth-order valence-electron chi connectivity index (χ4n) is 19.1. The Morgan fingerprint density at radius 3 is 1.02 bits per heavy atom. The summed E-state index contributed by atoms with van der Waals surface area (Å²) in [6.45, 7) is 0. The minimum absolute atomic E-state index is 0.455. The lowest BCUT2D eigenvalue weighted by molar-refractivity contribution is 0.770. The molecular weight excluding hydrogens is 1520 g/mol. The molecule has 0 amide bonds. The summed E-state index contributed by atoms with van der Waals surface area (Å²) >= 11 is 3.72. The molecule has 4 heterocycles. The molecule has 4 aromatic heterocycles. The van der Waals surface area contributed by atoms with Gasteiger partial charge in [-0.2, -0.15) is 0 Å². The molecule has 0 aliphatic heterocycles. The molecule has 0 bridgehead atoms. The highest BCUT2D eigenvalue weighted by Crippen LogP contribution is 2.59. The first-order chi connectivity index (χ1) is 60.4. The van der Waals surface area contributed by atoms with Gasteiger partial charge in [0.15, 0.2) is 34.9 Å². The molecule has 18 aromatic carbocycles. The normalized spacial score (nSPS) is 12.7. The number of benzene rings is 18. The van der Waals surface area contributed by atoms with E-state index in [-0.39, 0.29) is 0 Å². The van der Waals surface area contributed by atoms with Gasteiger partial charge in [0.05, 0.1) is 10.8 Å². The van der Waals surface area contributed by atoms with E-state index in [1.165, 1.54) is 113 Å². The van der Waals surface area contributed by atoms with Crippen LogP contribution in [0.2, 0.25) is 0 Å². The largest absolute Gasteiger partial charge is 0.208 e. The third-order valence-electron chi connectivity index (χ3n) is 24.6. The molecule has 122 heavy (non-hydrogen) atoms. The van der Waals surface area contributed by atoms with Gasteiger partial charge in [-0.05, 0) is 172 Å². The first-order valence-electron chi connectivity index (χ1n) is 41.4. The topological polar surface area (TPSA) is 77.3 Å². The lowest BCUT2D eigenvalue weighted by Crippen LogP contribution is -2.28. The van der Waals surface area contributed by atoms with E-state index in [1.807, 2.05) is 83.3 Å². The minimum atomic E-state index is -0.460. The van der Waals surface area contributed by atoms with Gasteiger partial charge in [0.2, 0.25) is 0 Å². The first-order valence-corrected chi connectivity index (χ1v) is 43.0. The van der Waals surface area contributed by atoms with E-state index >= 15 is 0 Å². The second kappa shape index (κ2) is 29.9. The Labute approximate surface area is 714 Å². The van der Waals surface area contributed by atoms with Gasteiger partial charge < -0.3 is 0 Å². The molecule has 6 nitrogen and oxygen atoms in total. The maximum atomic E-state index is 5.16. The van der Waals surface area contributed by atoms with E-state index in [9.17, 15) is 0 Å². The average molecular weight is 1590 g/mol. The highest BCUT2D eigenvalue weighted by Gasteiger charge is 2.48. The van der Waals surface area contributed by atoms with Crippen molar-refractivity contribution < 1.29 is 0 Å². The fraction of sp³-hybridized carbons (Fsp3) is 0.0175. The number of fused-ring (bicyclic) bond motifs is 13. The molecule has 0 saturated heterocycles. The van der Waals surface area contributed by atoms with Crippen molar-refractivity contribution >= 4 is 73.8 Å². The fourth-order valence-corrected chi connectivity index (χ4v) is 21.3. The average Bonchev–Trinajstić information content (AvgIpc) is 1.54. The lowest BCUT2D eigenvalue weighted by Gasteiger charge is -2.34. The number of hydrogen-bond donors (Lipinski definition) is 0. The van der Waals surface area contributed by atoms with E-state index in [4.69, 9.17) is 29.9 Å². The molecule has 8 heteroatoms. The quantitative estimate of drug-likeness (QED) is 0.114.